The van der Waals surface area contributed by atoms with Gasteiger partial charge in [-0.15, -0.1) is 0 Å². The van der Waals surface area contributed by atoms with Crippen molar-refractivity contribution in [3.63, 3.8) is 0 Å². The van der Waals surface area contributed by atoms with Gasteiger partial charge in [-0.1, -0.05) is 23.7 Å². The number of nitrogens with one attached hydrogen (secondary N) is 1. The molecule has 0 fully saturated rings. The first-order valence-electron chi connectivity index (χ1n) is 6.15. The fourth-order valence-corrected chi connectivity index (χ4v) is 1.84. The van der Waals surface area contributed by atoms with Crippen LogP contribution in [-0.4, -0.2) is 47.4 Å². The van der Waals surface area contributed by atoms with Gasteiger partial charge in [0.25, 0.3) is 0 Å². The molecule has 1 aromatic rings. The molecule has 0 spiro atoms. The van der Waals surface area contributed by atoms with Crippen molar-refractivity contribution in [3.05, 3.63) is 29.3 Å². The Morgan fingerprint density at radius 3 is 2.48 bits per heavy atom. The largest absolute Gasteiger partial charge is 0.480 e. The van der Waals surface area contributed by atoms with Gasteiger partial charge in [0.05, 0.1) is 23.8 Å². The van der Waals surface area contributed by atoms with E-state index in [-0.39, 0.29) is 32.0 Å². The molecule has 114 valence electrons. The Hall–Kier alpha value is -2.12. The van der Waals surface area contributed by atoms with Crippen LogP contribution in [-0.2, 0) is 14.4 Å². The van der Waals surface area contributed by atoms with Crippen LogP contribution in [0.5, 0.6) is 0 Å². The number of hydrogen-bond acceptors (Lipinski definition) is 4. The molecule has 0 aliphatic rings. The molecule has 0 unspecified atom stereocenters. The lowest BCUT2D eigenvalue weighted by molar-refractivity contribution is -0.139. The number of carboxylic acids is 1. The molecule has 0 aromatic heterocycles. The Balaban J connectivity index is 2.51. The second-order valence-electron chi connectivity index (χ2n) is 4.35. The number of nitrogens with zero attached hydrogens (tertiary/aromatic N) is 1. The molecule has 1 aromatic carbocycles. The van der Waals surface area contributed by atoms with Gasteiger partial charge in [-0.25, -0.2) is 0 Å². The van der Waals surface area contributed by atoms with Gasteiger partial charge in [0, 0.05) is 13.0 Å². The number of carbonyl (C=O) groups is 3. The minimum atomic E-state index is -1.09. The van der Waals surface area contributed by atoms with Crippen LogP contribution in [0.15, 0.2) is 24.3 Å². The summed E-state index contributed by atoms with van der Waals surface area (Å²) in [6.45, 7) is -0.473. The number of para-hydroxylation sites is 1. The number of rotatable bonds is 8. The quantitative estimate of drug-likeness (QED) is 0.648. The topological polar surface area (TPSA) is 113 Å². The number of benzene rings is 1. The molecule has 2 amide bonds. The maximum atomic E-state index is 11.8. The van der Waals surface area contributed by atoms with Crippen molar-refractivity contribution in [2.75, 3.05) is 25.0 Å². The fourth-order valence-electron chi connectivity index (χ4n) is 1.66. The lowest BCUT2D eigenvalue weighted by Crippen LogP contribution is -2.39. The molecule has 4 N–H and O–H groups in total. The molecule has 0 aliphatic heterocycles. The van der Waals surface area contributed by atoms with Crippen molar-refractivity contribution >= 4 is 35.1 Å². The number of hydrogen-bond donors (Lipinski definition) is 3. The molecule has 7 nitrogen and oxygen atoms in total. The van der Waals surface area contributed by atoms with Crippen LogP contribution >= 0.6 is 11.6 Å². The number of halogens is 1. The lowest BCUT2D eigenvalue weighted by atomic mass is 10.3. The van der Waals surface area contributed by atoms with E-state index in [0.717, 1.165) is 0 Å². The van der Waals surface area contributed by atoms with E-state index < -0.39 is 11.9 Å². The predicted molar refractivity (Wildman–Crippen MR) is 78.0 cm³/mol. The highest BCUT2D eigenvalue weighted by Gasteiger charge is 2.14. The van der Waals surface area contributed by atoms with Gasteiger partial charge < -0.3 is 16.2 Å². The van der Waals surface area contributed by atoms with Gasteiger partial charge in [0.15, 0.2) is 0 Å². The monoisotopic (exact) mass is 313 g/mol. The SMILES string of the molecule is NC(=O)CN(CCC(=O)Nc1ccccc1Cl)CC(=O)O. The van der Waals surface area contributed by atoms with Gasteiger partial charge in [0.1, 0.15) is 0 Å². The molecule has 0 bridgehead atoms. The molecular formula is C13H16ClN3O4. The van der Waals surface area contributed by atoms with E-state index in [1.807, 2.05) is 0 Å². The van der Waals surface area contributed by atoms with Crippen molar-refractivity contribution in [3.8, 4) is 0 Å². The maximum absolute atomic E-state index is 11.8. The average Bonchev–Trinajstić information content (AvgIpc) is 2.37. The Bertz CT molecular complexity index is 520. The van der Waals surface area contributed by atoms with Gasteiger partial charge in [-0.2, -0.15) is 0 Å². The molecule has 0 aliphatic carbocycles. The van der Waals surface area contributed by atoms with Crippen molar-refractivity contribution in [1.29, 1.82) is 0 Å². The second-order valence-corrected chi connectivity index (χ2v) is 4.76. The van der Waals surface area contributed by atoms with Gasteiger partial charge in [0.2, 0.25) is 11.8 Å². The summed E-state index contributed by atoms with van der Waals surface area (Å²) in [5.74, 6) is -2.08. The standard InChI is InChI=1S/C13H16ClN3O4/c14-9-3-1-2-4-10(9)16-12(19)5-6-17(7-11(15)18)8-13(20)21/h1-4H,5-8H2,(H2,15,18)(H,16,19)(H,20,21). The molecule has 0 saturated heterocycles. The summed E-state index contributed by atoms with van der Waals surface area (Å²) in [6.07, 6.45) is 0.0196. The van der Waals surface area contributed by atoms with E-state index in [2.05, 4.69) is 5.32 Å². The Morgan fingerprint density at radius 1 is 1.24 bits per heavy atom. The summed E-state index contributed by atoms with van der Waals surface area (Å²) in [5, 5.41) is 11.7. The van der Waals surface area contributed by atoms with Crippen LogP contribution in [0, 0.1) is 0 Å². The zero-order chi connectivity index (χ0) is 15.8. The van der Waals surface area contributed by atoms with Gasteiger partial charge in [-0.3, -0.25) is 19.3 Å². The number of aliphatic carboxylic acids is 1. The Morgan fingerprint density at radius 2 is 1.90 bits per heavy atom. The van der Waals surface area contributed by atoms with Gasteiger partial charge in [-0.05, 0) is 12.1 Å². The molecular weight excluding hydrogens is 298 g/mol. The number of amides is 2. The highest BCUT2D eigenvalue weighted by atomic mass is 35.5. The zero-order valence-corrected chi connectivity index (χ0v) is 12.0. The number of nitrogens with two attached hydrogens (primary N) is 1. The van der Waals surface area contributed by atoms with Crippen molar-refractivity contribution in [1.82, 2.24) is 4.90 Å². The lowest BCUT2D eigenvalue weighted by Gasteiger charge is -2.18. The van der Waals surface area contributed by atoms with E-state index >= 15 is 0 Å². The van der Waals surface area contributed by atoms with E-state index in [0.29, 0.717) is 10.7 Å². The average molecular weight is 314 g/mol. The highest BCUT2D eigenvalue weighted by Crippen LogP contribution is 2.20. The number of anilines is 1. The van der Waals surface area contributed by atoms with Crippen LogP contribution in [0.2, 0.25) is 5.02 Å². The van der Waals surface area contributed by atoms with Crippen LogP contribution in [0.1, 0.15) is 6.42 Å². The number of carboxylic acid groups (broad SMARTS) is 1. The van der Waals surface area contributed by atoms with Crippen LogP contribution in [0.25, 0.3) is 0 Å². The van der Waals surface area contributed by atoms with E-state index in [1.54, 1.807) is 24.3 Å². The third kappa shape index (κ3) is 6.73. The third-order valence-electron chi connectivity index (χ3n) is 2.54. The first kappa shape index (κ1) is 16.9. The summed E-state index contributed by atoms with van der Waals surface area (Å²) >= 11 is 5.90. The number of carbonyl (C=O) groups excluding carboxylic acids is 2. The minimum Gasteiger partial charge on any atom is -0.480 e. The van der Waals surface area contributed by atoms with Crippen molar-refractivity contribution < 1.29 is 19.5 Å². The summed E-state index contributed by atoms with van der Waals surface area (Å²) in [4.78, 5) is 34.6. The number of primary amides is 1. The van der Waals surface area contributed by atoms with E-state index in [4.69, 9.17) is 22.4 Å². The van der Waals surface area contributed by atoms with E-state index in [9.17, 15) is 14.4 Å². The first-order chi connectivity index (χ1) is 9.88. The first-order valence-corrected chi connectivity index (χ1v) is 6.53. The van der Waals surface area contributed by atoms with Crippen LogP contribution in [0.3, 0.4) is 0 Å². The van der Waals surface area contributed by atoms with E-state index in [1.165, 1.54) is 4.90 Å². The summed E-state index contributed by atoms with van der Waals surface area (Å²) in [5.41, 5.74) is 5.50. The van der Waals surface area contributed by atoms with Crippen molar-refractivity contribution in [2.24, 2.45) is 5.73 Å². The molecule has 8 heteroatoms. The molecule has 0 saturated carbocycles. The zero-order valence-electron chi connectivity index (χ0n) is 11.2. The molecule has 0 atom stereocenters. The smallest absolute Gasteiger partial charge is 0.317 e. The Labute approximate surface area is 126 Å². The minimum absolute atomic E-state index is 0.0196. The predicted octanol–water partition coefficient (Wildman–Crippen LogP) is 0.540. The van der Waals surface area contributed by atoms with Gasteiger partial charge >= 0.3 is 5.97 Å². The summed E-state index contributed by atoms with van der Waals surface area (Å²) < 4.78 is 0. The third-order valence-corrected chi connectivity index (χ3v) is 2.87. The van der Waals surface area contributed by atoms with Crippen LogP contribution < -0.4 is 11.1 Å². The maximum Gasteiger partial charge on any atom is 0.317 e. The van der Waals surface area contributed by atoms with Crippen LogP contribution in [0.4, 0.5) is 5.69 Å². The summed E-state index contributed by atoms with van der Waals surface area (Å²) in [6, 6.07) is 6.75. The molecule has 0 radical (unpaired) electrons. The molecule has 21 heavy (non-hydrogen) atoms. The normalized spacial score (nSPS) is 10.4. The second kappa shape index (κ2) is 8.23. The summed E-state index contributed by atoms with van der Waals surface area (Å²) in [7, 11) is 0. The highest BCUT2D eigenvalue weighted by molar-refractivity contribution is 6.33. The molecule has 1 rings (SSSR count). The Kier molecular flexibility index (Phi) is 6.64. The molecule has 0 heterocycles. The van der Waals surface area contributed by atoms with Crippen molar-refractivity contribution in [2.45, 2.75) is 6.42 Å². The fraction of sp³-hybridized carbons (Fsp3) is 0.308.